The minimum atomic E-state index is -4.21. The summed E-state index contributed by atoms with van der Waals surface area (Å²) >= 11 is 0. The summed E-state index contributed by atoms with van der Waals surface area (Å²) in [6.45, 7) is 1.58. The summed E-state index contributed by atoms with van der Waals surface area (Å²) in [7, 11) is -1.52. The number of hydrogen-bond donors (Lipinski definition) is 3. The fraction of sp³-hybridized carbons (Fsp3) is 0.250. The maximum absolute atomic E-state index is 12.3. The van der Waals surface area contributed by atoms with Gasteiger partial charge in [0, 0.05) is 0 Å². The fourth-order valence-electron chi connectivity index (χ4n) is 2.26. The molecule has 3 N–H and O–H groups in total. The number of carboxylic acids is 1. The van der Waals surface area contributed by atoms with Gasteiger partial charge in [0.25, 0.3) is 0 Å². The highest BCUT2D eigenvalue weighted by Crippen LogP contribution is 2.18. The second-order valence-electron chi connectivity index (χ2n) is 5.50. The van der Waals surface area contributed by atoms with Crippen LogP contribution in [0.2, 0.25) is 0 Å². The van der Waals surface area contributed by atoms with Crippen molar-refractivity contribution in [3.8, 4) is 11.8 Å². The van der Waals surface area contributed by atoms with E-state index in [-0.39, 0.29) is 28.8 Å². The van der Waals surface area contributed by atoms with Crippen LogP contribution in [0.4, 0.5) is 10.7 Å². The van der Waals surface area contributed by atoms with E-state index in [0.29, 0.717) is 5.56 Å². The summed E-state index contributed by atoms with van der Waals surface area (Å²) in [6, 6.07) is 4.61. The normalized spacial score (nSPS) is 10.8. The number of hydrogen-bond acceptors (Lipinski definition) is 8. The summed E-state index contributed by atoms with van der Waals surface area (Å²) in [5.41, 5.74) is 0.382. The second kappa shape index (κ2) is 8.52. The predicted molar refractivity (Wildman–Crippen MR) is 98.1 cm³/mol. The maximum atomic E-state index is 12.3. The van der Waals surface area contributed by atoms with Gasteiger partial charge in [0.2, 0.25) is 27.7 Å². The molecule has 150 valence electrons. The van der Waals surface area contributed by atoms with Crippen LogP contribution in [0.15, 0.2) is 24.3 Å². The van der Waals surface area contributed by atoms with Crippen molar-refractivity contribution in [3.05, 3.63) is 41.0 Å². The number of nitrogens with zero attached hydrogens (tertiary/aromatic N) is 2. The zero-order chi connectivity index (χ0) is 20.9. The molecule has 1 aromatic heterocycles. The number of benzene rings is 1. The van der Waals surface area contributed by atoms with Gasteiger partial charge in [-0.2, -0.15) is 9.97 Å². The number of urea groups is 1. The molecule has 2 amide bonds. The summed E-state index contributed by atoms with van der Waals surface area (Å²) < 4.78 is 36.3. The van der Waals surface area contributed by atoms with Gasteiger partial charge in [-0.15, -0.1) is 0 Å². The van der Waals surface area contributed by atoms with Gasteiger partial charge in [-0.25, -0.2) is 22.7 Å². The van der Waals surface area contributed by atoms with Crippen molar-refractivity contribution < 1.29 is 32.6 Å². The Morgan fingerprint density at radius 1 is 1.14 bits per heavy atom. The first-order chi connectivity index (χ1) is 13.1. The van der Waals surface area contributed by atoms with Crippen LogP contribution in [0.1, 0.15) is 21.5 Å². The molecule has 0 aliphatic rings. The van der Waals surface area contributed by atoms with Gasteiger partial charge >= 0.3 is 12.0 Å². The molecule has 2 aromatic rings. The van der Waals surface area contributed by atoms with Crippen molar-refractivity contribution in [1.29, 1.82) is 0 Å². The number of methoxy groups -OCH3 is 2. The monoisotopic (exact) mass is 410 g/mol. The number of nitrogens with one attached hydrogen (secondary N) is 2. The van der Waals surface area contributed by atoms with E-state index in [4.69, 9.17) is 9.47 Å². The van der Waals surface area contributed by atoms with Crippen molar-refractivity contribution >= 4 is 28.0 Å². The smallest absolute Gasteiger partial charge is 0.336 e. The largest absolute Gasteiger partial charge is 0.481 e. The first kappa shape index (κ1) is 20.9. The third kappa shape index (κ3) is 5.30. The van der Waals surface area contributed by atoms with Crippen molar-refractivity contribution in [3.63, 3.8) is 0 Å². The average molecular weight is 410 g/mol. The minimum absolute atomic E-state index is 0.0783. The molecular weight excluding hydrogens is 392 g/mol. The second-order valence-corrected chi connectivity index (χ2v) is 7.22. The summed E-state index contributed by atoms with van der Waals surface area (Å²) in [5, 5.41) is 11.4. The topological polar surface area (TPSA) is 157 Å². The number of amides is 2. The summed E-state index contributed by atoms with van der Waals surface area (Å²) in [4.78, 5) is 31.0. The lowest BCUT2D eigenvalue weighted by Crippen LogP contribution is -2.36. The standard InChI is InChI=1S/C16H18N4O7S/c1-9-5-4-6-10(14(21)22)11(9)8-28(24,25)20-16(23)19-15-17-12(26-2)7-13(18-15)27-3/h4-7H,8H2,1-3H3,(H,21,22)(H2,17,18,19,20,23). The highest BCUT2D eigenvalue weighted by atomic mass is 32.2. The van der Waals surface area contributed by atoms with Crippen LogP contribution >= 0.6 is 0 Å². The first-order valence-corrected chi connectivity index (χ1v) is 9.40. The molecule has 0 aliphatic heterocycles. The highest BCUT2D eigenvalue weighted by molar-refractivity contribution is 7.89. The van der Waals surface area contributed by atoms with E-state index in [1.165, 1.54) is 32.4 Å². The number of aryl methyl sites for hydroxylation is 1. The number of aromatic nitrogens is 2. The average Bonchev–Trinajstić information content (AvgIpc) is 2.61. The van der Waals surface area contributed by atoms with E-state index in [9.17, 15) is 23.1 Å². The van der Waals surface area contributed by atoms with Crippen LogP contribution in [0, 0.1) is 6.92 Å². The molecular formula is C16H18N4O7S. The number of carbonyl (C=O) groups is 2. The molecule has 11 nitrogen and oxygen atoms in total. The lowest BCUT2D eigenvalue weighted by atomic mass is 10.0. The van der Waals surface area contributed by atoms with Crippen LogP contribution in [0.5, 0.6) is 11.8 Å². The number of carbonyl (C=O) groups excluding carboxylic acids is 1. The van der Waals surface area contributed by atoms with Crippen LogP contribution in [-0.4, -0.2) is 49.7 Å². The van der Waals surface area contributed by atoms with Crippen LogP contribution in [0.25, 0.3) is 0 Å². The predicted octanol–water partition coefficient (Wildman–Crippen LogP) is 1.15. The molecule has 0 bridgehead atoms. The van der Waals surface area contributed by atoms with Gasteiger partial charge in [0.15, 0.2) is 0 Å². The minimum Gasteiger partial charge on any atom is -0.481 e. The van der Waals surface area contributed by atoms with Crippen molar-refractivity contribution in [2.45, 2.75) is 12.7 Å². The molecule has 1 aromatic carbocycles. The first-order valence-electron chi connectivity index (χ1n) is 7.75. The lowest BCUT2D eigenvalue weighted by Gasteiger charge is -2.12. The molecule has 0 atom stereocenters. The molecule has 0 saturated heterocycles. The van der Waals surface area contributed by atoms with E-state index in [0.717, 1.165) is 0 Å². The van der Waals surface area contributed by atoms with Gasteiger partial charge in [0.05, 0.1) is 31.6 Å². The molecule has 28 heavy (non-hydrogen) atoms. The number of aromatic carboxylic acids is 1. The molecule has 0 spiro atoms. The van der Waals surface area contributed by atoms with Crippen LogP contribution in [-0.2, 0) is 15.8 Å². The van der Waals surface area contributed by atoms with E-state index in [1.807, 2.05) is 0 Å². The molecule has 12 heteroatoms. The maximum Gasteiger partial charge on any atom is 0.336 e. The number of ether oxygens (including phenoxy) is 2. The quantitative estimate of drug-likeness (QED) is 0.609. The number of rotatable bonds is 7. The van der Waals surface area contributed by atoms with E-state index < -0.39 is 27.8 Å². The molecule has 0 saturated carbocycles. The zero-order valence-electron chi connectivity index (χ0n) is 15.2. The van der Waals surface area contributed by atoms with Crippen molar-refractivity contribution in [2.75, 3.05) is 19.5 Å². The van der Waals surface area contributed by atoms with Gasteiger partial charge in [-0.3, -0.25) is 5.32 Å². The van der Waals surface area contributed by atoms with E-state index in [2.05, 4.69) is 15.3 Å². The number of carboxylic acid groups (broad SMARTS) is 1. The SMILES string of the molecule is COc1cc(OC)nc(NC(=O)NS(=O)(=O)Cc2c(C)cccc2C(=O)O)n1. The Bertz CT molecular complexity index is 986. The third-order valence-corrected chi connectivity index (χ3v) is 4.71. The Morgan fingerprint density at radius 3 is 2.29 bits per heavy atom. The van der Waals surface area contributed by atoms with Gasteiger partial charge < -0.3 is 14.6 Å². The summed E-state index contributed by atoms with van der Waals surface area (Å²) in [5.74, 6) is -2.02. The highest BCUT2D eigenvalue weighted by Gasteiger charge is 2.22. The molecule has 2 rings (SSSR count). The molecule has 0 unspecified atom stereocenters. The van der Waals surface area contributed by atoms with Crippen LogP contribution in [0.3, 0.4) is 0 Å². The molecule has 0 aliphatic carbocycles. The molecule has 0 fully saturated rings. The third-order valence-electron chi connectivity index (χ3n) is 3.55. The Morgan fingerprint density at radius 2 is 1.75 bits per heavy atom. The van der Waals surface area contributed by atoms with Crippen LogP contribution < -0.4 is 19.5 Å². The number of sulfonamides is 1. The fourth-order valence-corrected chi connectivity index (χ4v) is 3.43. The summed E-state index contributed by atoms with van der Waals surface area (Å²) in [6.07, 6.45) is 0. The van der Waals surface area contributed by atoms with Crippen molar-refractivity contribution in [2.24, 2.45) is 0 Å². The molecule has 0 radical (unpaired) electrons. The van der Waals surface area contributed by atoms with Gasteiger partial charge in [-0.1, -0.05) is 12.1 Å². The Balaban J connectivity index is 2.17. The Hall–Kier alpha value is -3.41. The number of anilines is 1. The zero-order valence-corrected chi connectivity index (χ0v) is 16.0. The Kier molecular flexibility index (Phi) is 6.36. The molecule has 1 heterocycles. The van der Waals surface area contributed by atoms with Crippen molar-refractivity contribution in [1.82, 2.24) is 14.7 Å². The van der Waals surface area contributed by atoms with E-state index in [1.54, 1.807) is 17.7 Å². The van der Waals surface area contributed by atoms with Gasteiger partial charge in [0.1, 0.15) is 0 Å². The van der Waals surface area contributed by atoms with E-state index >= 15 is 0 Å². The lowest BCUT2D eigenvalue weighted by molar-refractivity contribution is 0.0696. The Labute approximate surface area is 160 Å². The van der Waals surface area contributed by atoms with Gasteiger partial charge in [-0.05, 0) is 24.1 Å².